The summed E-state index contributed by atoms with van der Waals surface area (Å²) in [5, 5.41) is 6.62. The minimum atomic E-state index is 0.952. The molecule has 0 aliphatic heterocycles. The van der Waals surface area contributed by atoms with Crippen LogP contribution in [0.5, 0.6) is 0 Å². The van der Waals surface area contributed by atoms with Gasteiger partial charge >= 0.3 is 0 Å². The van der Waals surface area contributed by atoms with Crippen molar-refractivity contribution in [3.05, 3.63) is 48.2 Å². The molecule has 0 atom stereocenters. The molecule has 1 aromatic carbocycles. The van der Waals surface area contributed by atoms with Crippen molar-refractivity contribution in [3.63, 3.8) is 0 Å². The second kappa shape index (κ2) is 7.07. The lowest BCUT2D eigenvalue weighted by Crippen LogP contribution is -2.20. The molecule has 0 saturated heterocycles. The van der Waals surface area contributed by atoms with Gasteiger partial charge in [-0.05, 0) is 25.5 Å². The highest BCUT2D eigenvalue weighted by Crippen LogP contribution is 1.96. The Morgan fingerprint density at radius 2 is 1.93 bits per heavy atom. The number of nitrogens with one attached hydrogen (secondary N) is 2. The molecule has 0 unspecified atom stereocenters. The molecule has 15 heavy (non-hydrogen) atoms. The van der Waals surface area contributed by atoms with Gasteiger partial charge < -0.3 is 10.6 Å². The normalized spacial score (nSPS) is 9.93. The molecule has 1 rings (SSSR count). The molecule has 0 spiro atoms. The Bertz CT molecular complexity index is 280. The molecule has 2 N–H and O–H groups in total. The van der Waals surface area contributed by atoms with Crippen LogP contribution >= 0.6 is 0 Å². The highest BCUT2D eigenvalue weighted by atomic mass is 14.9. The zero-order chi connectivity index (χ0) is 10.9. The smallest absolute Gasteiger partial charge is 0.0205 e. The molecule has 0 aromatic heterocycles. The number of benzene rings is 1. The van der Waals surface area contributed by atoms with Crippen LogP contribution in [0.3, 0.4) is 0 Å². The molecule has 0 fully saturated rings. The molecule has 0 bridgehead atoms. The van der Waals surface area contributed by atoms with Gasteiger partial charge in [-0.1, -0.05) is 36.9 Å². The molecule has 0 aliphatic rings. The van der Waals surface area contributed by atoms with Gasteiger partial charge in [-0.15, -0.1) is 0 Å². The molecule has 2 heteroatoms. The molecule has 0 radical (unpaired) electrons. The minimum Gasteiger partial charge on any atom is -0.389 e. The maximum absolute atomic E-state index is 3.79. The zero-order valence-corrected chi connectivity index (χ0v) is 9.42. The van der Waals surface area contributed by atoms with Gasteiger partial charge in [0, 0.05) is 18.8 Å². The van der Waals surface area contributed by atoms with E-state index in [0.29, 0.717) is 0 Å². The summed E-state index contributed by atoms with van der Waals surface area (Å²) in [5.74, 6) is 0. The van der Waals surface area contributed by atoms with E-state index in [1.807, 2.05) is 13.0 Å². The van der Waals surface area contributed by atoms with Gasteiger partial charge in [0.2, 0.25) is 0 Å². The van der Waals surface area contributed by atoms with Crippen molar-refractivity contribution in [1.82, 2.24) is 10.6 Å². The summed E-state index contributed by atoms with van der Waals surface area (Å²) < 4.78 is 0. The van der Waals surface area contributed by atoms with Crippen LogP contribution in [0, 0.1) is 0 Å². The van der Waals surface area contributed by atoms with Gasteiger partial charge in [-0.3, -0.25) is 0 Å². The Kier molecular flexibility index (Phi) is 5.56. The second-order valence-corrected chi connectivity index (χ2v) is 3.72. The fraction of sp³-hybridized carbons (Fsp3) is 0.385. The van der Waals surface area contributed by atoms with Gasteiger partial charge in [-0.25, -0.2) is 0 Å². The van der Waals surface area contributed by atoms with Crippen molar-refractivity contribution in [2.45, 2.75) is 19.9 Å². The maximum atomic E-state index is 3.79. The van der Waals surface area contributed by atoms with E-state index >= 15 is 0 Å². The van der Waals surface area contributed by atoms with E-state index in [2.05, 4.69) is 41.5 Å². The van der Waals surface area contributed by atoms with E-state index in [1.165, 1.54) is 5.56 Å². The average molecular weight is 204 g/mol. The third kappa shape index (κ3) is 5.92. The number of hydrogen-bond acceptors (Lipinski definition) is 2. The molecule has 0 saturated carbocycles. The number of hydrogen-bond donors (Lipinski definition) is 2. The number of allylic oxidation sites excluding steroid dienone is 1. The van der Waals surface area contributed by atoms with Gasteiger partial charge in [0.15, 0.2) is 0 Å². The van der Waals surface area contributed by atoms with Crippen molar-refractivity contribution in [2.24, 2.45) is 0 Å². The molecule has 0 aliphatic carbocycles. The molecule has 1 aromatic rings. The predicted molar refractivity (Wildman–Crippen MR) is 65.6 cm³/mol. The summed E-state index contributed by atoms with van der Waals surface area (Å²) in [7, 11) is 0. The first-order valence-electron chi connectivity index (χ1n) is 5.43. The van der Waals surface area contributed by atoms with Gasteiger partial charge in [0.05, 0.1) is 0 Å². The summed E-state index contributed by atoms with van der Waals surface area (Å²) in [6.45, 7) is 8.76. The zero-order valence-electron chi connectivity index (χ0n) is 9.42. The molecular weight excluding hydrogens is 184 g/mol. The van der Waals surface area contributed by atoms with E-state index in [0.717, 1.165) is 31.8 Å². The van der Waals surface area contributed by atoms with E-state index in [1.54, 1.807) is 0 Å². The molecule has 0 amide bonds. The molecular formula is C13H20N2. The lowest BCUT2D eigenvalue weighted by molar-refractivity contribution is 0.626. The Morgan fingerprint density at radius 3 is 2.60 bits per heavy atom. The lowest BCUT2D eigenvalue weighted by Gasteiger charge is -2.06. The van der Waals surface area contributed by atoms with Crippen molar-refractivity contribution in [2.75, 3.05) is 13.1 Å². The third-order valence-corrected chi connectivity index (χ3v) is 2.13. The van der Waals surface area contributed by atoms with Crippen molar-refractivity contribution in [3.8, 4) is 0 Å². The highest BCUT2D eigenvalue weighted by Gasteiger charge is 1.90. The largest absolute Gasteiger partial charge is 0.389 e. The predicted octanol–water partition coefficient (Wildman–Crippen LogP) is 2.29. The Labute approximate surface area is 92.4 Å². The lowest BCUT2D eigenvalue weighted by atomic mass is 10.2. The van der Waals surface area contributed by atoms with Crippen LogP contribution < -0.4 is 10.6 Å². The van der Waals surface area contributed by atoms with Crippen LogP contribution in [0.1, 0.15) is 18.9 Å². The third-order valence-electron chi connectivity index (χ3n) is 2.13. The summed E-state index contributed by atoms with van der Waals surface area (Å²) in [6.07, 6.45) is 1.12. The van der Waals surface area contributed by atoms with Gasteiger partial charge in [-0.2, -0.15) is 0 Å². The Morgan fingerprint density at radius 1 is 1.20 bits per heavy atom. The van der Waals surface area contributed by atoms with Crippen molar-refractivity contribution < 1.29 is 0 Å². The summed E-state index contributed by atoms with van der Waals surface area (Å²) >= 11 is 0. The molecule has 0 heterocycles. The van der Waals surface area contributed by atoms with E-state index in [4.69, 9.17) is 0 Å². The first-order valence-corrected chi connectivity index (χ1v) is 5.43. The first kappa shape index (κ1) is 11.8. The minimum absolute atomic E-state index is 0.952. The van der Waals surface area contributed by atoms with Crippen LogP contribution in [0.15, 0.2) is 42.6 Å². The second-order valence-electron chi connectivity index (χ2n) is 3.72. The van der Waals surface area contributed by atoms with Crippen LogP contribution in [0.2, 0.25) is 0 Å². The Balaban J connectivity index is 2.00. The van der Waals surface area contributed by atoms with Crippen LogP contribution in [-0.4, -0.2) is 13.1 Å². The van der Waals surface area contributed by atoms with Gasteiger partial charge in [0.1, 0.15) is 0 Å². The molecule has 82 valence electrons. The average Bonchev–Trinajstić information content (AvgIpc) is 2.24. The monoisotopic (exact) mass is 204 g/mol. The summed E-state index contributed by atoms with van der Waals surface area (Å²) in [5.41, 5.74) is 2.38. The summed E-state index contributed by atoms with van der Waals surface area (Å²) in [4.78, 5) is 0. The van der Waals surface area contributed by atoms with Crippen LogP contribution in [-0.2, 0) is 6.54 Å². The van der Waals surface area contributed by atoms with E-state index in [9.17, 15) is 0 Å². The van der Waals surface area contributed by atoms with E-state index in [-0.39, 0.29) is 0 Å². The first-order chi connectivity index (χ1) is 7.29. The van der Waals surface area contributed by atoms with Crippen molar-refractivity contribution in [1.29, 1.82) is 0 Å². The number of rotatable bonds is 7. The molecule has 2 nitrogen and oxygen atoms in total. The topological polar surface area (TPSA) is 24.1 Å². The highest BCUT2D eigenvalue weighted by molar-refractivity contribution is 5.14. The maximum Gasteiger partial charge on any atom is 0.0205 e. The summed E-state index contributed by atoms with van der Waals surface area (Å²) in [6, 6.07) is 10.5. The SMILES string of the molecule is C=C(C)NCCCNCc1ccccc1. The standard InChI is InChI=1S/C13H20N2/c1-12(2)15-10-6-9-14-11-13-7-4-3-5-8-13/h3-5,7-8,14-15H,1,6,9-11H2,2H3. The fourth-order valence-corrected chi connectivity index (χ4v) is 1.34. The fourth-order valence-electron chi connectivity index (χ4n) is 1.34. The van der Waals surface area contributed by atoms with Crippen LogP contribution in [0.4, 0.5) is 0 Å². The van der Waals surface area contributed by atoms with E-state index < -0.39 is 0 Å². The quantitative estimate of drug-likeness (QED) is 0.666. The van der Waals surface area contributed by atoms with Crippen molar-refractivity contribution >= 4 is 0 Å². The Hall–Kier alpha value is -1.28. The van der Waals surface area contributed by atoms with Crippen LogP contribution in [0.25, 0.3) is 0 Å². The van der Waals surface area contributed by atoms with Gasteiger partial charge in [0.25, 0.3) is 0 Å².